The summed E-state index contributed by atoms with van der Waals surface area (Å²) in [5.74, 6) is -0.844. The summed E-state index contributed by atoms with van der Waals surface area (Å²) in [4.78, 5) is 38.5. The van der Waals surface area contributed by atoms with Crippen LogP contribution >= 0.6 is 0 Å². The fourth-order valence-corrected chi connectivity index (χ4v) is 10.8. The van der Waals surface area contributed by atoms with Crippen LogP contribution in [0.4, 0.5) is 0 Å². The molecule has 0 bridgehead atoms. The summed E-state index contributed by atoms with van der Waals surface area (Å²) in [6, 6.07) is 0. The predicted molar refractivity (Wildman–Crippen MR) is 344 cm³/mol. The molecule has 0 aliphatic heterocycles. The number of allylic oxidation sites excluding steroid dienone is 6. The maximum absolute atomic E-state index is 13.0. The van der Waals surface area contributed by atoms with Crippen LogP contribution in [0.1, 0.15) is 393 Å². The van der Waals surface area contributed by atoms with E-state index in [-0.39, 0.29) is 31.1 Å². The van der Waals surface area contributed by atoms with Gasteiger partial charge in [0.05, 0.1) is 0 Å². The van der Waals surface area contributed by atoms with E-state index in [0.717, 1.165) is 77.0 Å². The highest BCUT2D eigenvalue weighted by atomic mass is 16.6. The molecular weight excluding hydrogens is 973 g/mol. The van der Waals surface area contributed by atoms with Crippen molar-refractivity contribution in [3.63, 3.8) is 0 Å². The molecular formula is C73H136O6. The van der Waals surface area contributed by atoms with Crippen molar-refractivity contribution in [1.82, 2.24) is 0 Å². The van der Waals surface area contributed by atoms with Crippen molar-refractivity contribution in [3.8, 4) is 0 Å². The van der Waals surface area contributed by atoms with Crippen molar-refractivity contribution >= 4 is 17.9 Å². The fourth-order valence-electron chi connectivity index (χ4n) is 10.8. The Morgan fingerprint density at radius 3 is 0.709 bits per heavy atom. The maximum atomic E-state index is 13.0. The Morgan fingerprint density at radius 1 is 0.253 bits per heavy atom. The number of esters is 3. The molecule has 6 heteroatoms. The van der Waals surface area contributed by atoms with Gasteiger partial charge in [-0.3, -0.25) is 14.4 Å². The van der Waals surface area contributed by atoms with Crippen LogP contribution in [-0.2, 0) is 28.6 Å². The van der Waals surface area contributed by atoms with Gasteiger partial charge in [-0.05, 0) is 57.8 Å². The smallest absolute Gasteiger partial charge is 0.306 e. The first-order valence-electron chi connectivity index (χ1n) is 35.5. The summed E-state index contributed by atoms with van der Waals surface area (Å²) in [5.41, 5.74) is 0. The number of rotatable bonds is 66. The van der Waals surface area contributed by atoms with Gasteiger partial charge in [0.2, 0.25) is 0 Å². The Kier molecular flexibility index (Phi) is 66.1. The number of ether oxygens (including phenoxy) is 3. The van der Waals surface area contributed by atoms with Crippen LogP contribution in [0.3, 0.4) is 0 Å². The monoisotopic (exact) mass is 1110 g/mol. The van der Waals surface area contributed by atoms with Gasteiger partial charge < -0.3 is 14.2 Å². The zero-order valence-corrected chi connectivity index (χ0v) is 53.4. The highest BCUT2D eigenvalue weighted by Gasteiger charge is 2.19. The Morgan fingerprint density at radius 2 is 0.456 bits per heavy atom. The Hall–Kier alpha value is -2.37. The van der Waals surface area contributed by atoms with Crippen molar-refractivity contribution in [3.05, 3.63) is 36.5 Å². The molecule has 0 aromatic carbocycles. The summed E-state index contributed by atoms with van der Waals surface area (Å²) < 4.78 is 17.0. The zero-order valence-electron chi connectivity index (χ0n) is 53.4. The van der Waals surface area contributed by atoms with Crippen molar-refractivity contribution in [2.24, 2.45) is 0 Å². The average molecular weight is 1110 g/mol. The normalized spacial score (nSPS) is 12.2. The van der Waals surface area contributed by atoms with Gasteiger partial charge >= 0.3 is 17.9 Å². The highest BCUT2D eigenvalue weighted by molar-refractivity contribution is 5.71. The Labute approximate surface area is 493 Å². The number of carbonyl (C=O) groups excluding carboxylic acids is 3. The van der Waals surface area contributed by atoms with Gasteiger partial charge in [-0.15, -0.1) is 0 Å². The molecule has 6 nitrogen and oxygen atoms in total. The van der Waals surface area contributed by atoms with E-state index in [2.05, 4.69) is 57.2 Å². The first kappa shape index (κ1) is 76.6. The largest absolute Gasteiger partial charge is 0.462 e. The van der Waals surface area contributed by atoms with E-state index in [1.54, 1.807) is 0 Å². The quantitative estimate of drug-likeness (QED) is 0.0261. The first-order valence-corrected chi connectivity index (χ1v) is 35.5. The van der Waals surface area contributed by atoms with E-state index >= 15 is 0 Å². The van der Waals surface area contributed by atoms with Gasteiger partial charge in [0, 0.05) is 19.3 Å². The molecule has 0 fully saturated rings. The lowest BCUT2D eigenvalue weighted by atomic mass is 10.0. The number of unbranched alkanes of at least 4 members (excludes halogenated alkanes) is 49. The minimum atomic E-state index is -0.773. The van der Waals surface area contributed by atoms with Gasteiger partial charge in [-0.25, -0.2) is 0 Å². The van der Waals surface area contributed by atoms with Crippen molar-refractivity contribution < 1.29 is 28.6 Å². The summed E-state index contributed by atoms with van der Waals surface area (Å²) in [7, 11) is 0. The summed E-state index contributed by atoms with van der Waals surface area (Å²) in [6.07, 6.45) is 84.5. The molecule has 0 heterocycles. The topological polar surface area (TPSA) is 78.9 Å². The van der Waals surface area contributed by atoms with Crippen LogP contribution in [0.25, 0.3) is 0 Å². The van der Waals surface area contributed by atoms with Crippen molar-refractivity contribution in [2.75, 3.05) is 13.2 Å². The van der Waals surface area contributed by atoms with Crippen LogP contribution in [0.2, 0.25) is 0 Å². The van der Waals surface area contributed by atoms with E-state index in [0.29, 0.717) is 19.3 Å². The summed E-state index contributed by atoms with van der Waals surface area (Å²) in [6.45, 7) is 6.71. The molecule has 0 spiro atoms. The van der Waals surface area contributed by atoms with Gasteiger partial charge in [-0.1, -0.05) is 353 Å². The molecule has 1 unspecified atom stereocenters. The predicted octanol–water partition coefficient (Wildman–Crippen LogP) is 24.3. The van der Waals surface area contributed by atoms with Crippen molar-refractivity contribution in [1.29, 1.82) is 0 Å². The van der Waals surface area contributed by atoms with Crippen LogP contribution in [-0.4, -0.2) is 37.2 Å². The standard InChI is InChI=1S/C73H136O6/c1-4-7-10-13-16-19-22-25-28-31-33-35-37-39-40-42-45-48-51-54-57-60-63-66-72(75)78-69-70(68-77-71(74)65-62-59-56-53-50-47-44-30-27-24-21-18-15-12-9-6-3)79-73(76)67-64-61-58-55-52-49-46-43-41-38-36-34-32-29-26-23-20-17-14-11-8-5-2/h22,25,31,33,37,39,70H,4-21,23-24,26-30,32,34-36,38,40-69H2,1-3H3/b25-22-,33-31-,39-37-. The van der Waals surface area contributed by atoms with Gasteiger partial charge in [0.25, 0.3) is 0 Å². The maximum Gasteiger partial charge on any atom is 0.306 e. The molecule has 0 aliphatic carbocycles. The van der Waals surface area contributed by atoms with Gasteiger partial charge in [0.1, 0.15) is 13.2 Å². The fraction of sp³-hybridized carbons (Fsp3) is 0.877. The molecule has 0 radical (unpaired) electrons. The SMILES string of the molecule is CCCCCCC/C=C\C/C=C\C/C=C\CCCCCCCCCCC(=O)OCC(COC(=O)CCCCCCCCCCCCCCCCCC)OC(=O)CCCCCCCCCCCCCCCCCCCCCCCC. The molecule has 464 valence electrons. The minimum absolute atomic E-state index is 0.0683. The molecule has 79 heavy (non-hydrogen) atoms. The lowest BCUT2D eigenvalue weighted by Crippen LogP contribution is -2.30. The first-order chi connectivity index (χ1) is 39.0. The molecule has 0 amide bonds. The third-order valence-corrected chi connectivity index (χ3v) is 16.1. The molecule has 0 N–H and O–H groups in total. The molecule has 0 rings (SSSR count). The van der Waals surface area contributed by atoms with E-state index < -0.39 is 6.10 Å². The van der Waals surface area contributed by atoms with E-state index in [4.69, 9.17) is 14.2 Å². The number of carbonyl (C=O) groups is 3. The molecule has 0 saturated carbocycles. The Balaban J connectivity index is 4.31. The van der Waals surface area contributed by atoms with Crippen molar-refractivity contribution in [2.45, 2.75) is 399 Å². The van der Waals surface area contributed by atoms with Gasteiger partial charge in [-0.2, -0.15) is 0 Å². The summed E-state index contributed by atoms with van der Waals surface area (Å²) in [5, 5.41) is 0. The lowest BCUT2D eigenvalue weighted by Gasteiger charge is -2.18. The molecule has 0 aromatic rings. The molecule has 1 atom stereocenters. The third kappa shape index (κ3) is 66.3. The third-order valence-electron chi connectivity index (χ3n) is 16.1. The number of hydrogen-bond acceptors (Lipinski definition) is 6. The second-order valence-electron chi connectivity index (χ2n) is 24.2. The second kappa shape index (κ2) is 68.1. The van der Waals surface area contributed by atoms with Crippen LogP contribution < -0.4 is 0 Å². The molecule has 0 saturated heterocycles. The zero-order chi connectivity index (χ0) is 57.1. The van der Waals surface area contributed by atoms with Crippen LogP contribution in [0.15, 0.2) is 36.5 Å². The molecule has 0 aromatic heterocycles. The average Bonchev–Trinajstić information content (AvgIpc) is 3.45. The van der Waals surface area contributed by atoms with Crippen LogP contribution in [0.5, 0.6) is 0 Å². The Bertz CT molecular complexity index is 1320. The van der Waals surface area contributed by atoms with E-state index in [9.17, 15) is 14.4 Å². The van der Waals surface area contributed by atoms with E-state index in [1.165, 1.54) is 276 Å². The van der Waals surface area contributed by atoms with E-state index in [1.807, 2.05) is 0 Å². The molecule has 0 aliphatic rings. The highest BCUT2D eigenvalue weighted by Crippen LogP contribution is 2.19. The second-order valence-corrected chi connectivity index (χ2v) is 24.2. The summed E-state index contributed by atoms with van der Waals surface area (Å²) >= 11 is 0. The minimum Gasteiger partial charge on any atom is -0.462 e. The number of hydrogen-bond donors (Lipinski definition) is 0. The van der Waals surface area contributed by atoms with Crippen LogP contribution in [0, 0.1) is 0 Å². The lowest BCUT2D eigenvalue weighted by molar-refractivity contribution is -0.167. The van der Waals surface area contributed by atoms with Gasteiger partial charge in [0.15, 0.2) is 6.10 Å².